The molecule has 6 nitrogen and oxygen atoms in total. The molecule has 0 bridgehead atoms. The third kappa shape index (κ3) is 3.64. The number of aromatic nitrogens is 2. The van der Waals surface area contributed by atoms with Gasteiger partial charge in [0.2, 0.25) is 5.95 Å². The third-order valence-electron chi connectivity index (χ3n) is 4.75. The van der Waals surface area contributed by atoms with E-state index in [1.54, 1.807) is 14.0 Å². The fourth-order valence-electron chi connectivity index (χ4n) is 3.53. The fraction of sp³-hybridized carbons (Fsp3) is 0.450. The lowest BCUT2D eigenvalue weighted by Crippen LogP contribution is -2.29. The Kier molecular flexibility index (Phi) is 5.40. The van der Waals surface area contributed by atoms with Crippen molar-refractivity contribution >= 4 is 11.9 Å². The second kappa shape index (κ2) is 7.72. The quantitative estimate of drug-likeness (QED) is 0.830. The van der Waals surface area contributed by atoms with Crippen LogP contribution in [0, 0.1) is 13.8 Å². The molecule has 0 saturated heterocycles. The molecule has 1 unspecified atom stereocenters. The number of aryl methyl sites for hydroxylation is 3. The Balaban J connectivity index is 1.79. The van der Waals surface area contributed by atoms with Gasteiger partial charge in [0.05, 0.1) is 25.1 Å². The fourth-order valence-corrected chi connectivity index (χ4v) is 3.53. The zero-order chi connectivity index (χ0) is 18.7. The highest BCUT2D eigenvalue weighted by atomic mass is 16.5. The zero-order valence-corrected chi connectivity index (χ0v) is 15.8. The number of nitrogens with zero attached hydrogens (tertiary/aromatic N) is 2. The van der Waals surface area contributed by atoms with Crippen LogP contribution in [0.4, 0.5) is 5.95 Å². The minimum Gasteiger partial charge on any atom is -0.496 e. The summed E-state index contributed by atoms with van der Waals surface area (Å²) in [7, 11) is 1.70. The molecule has 26 heavy (non-hydrogen) atoms. The zero-order valence-electron chi connectivity index (χ0n) is 15.8. The molecule has 0 aliphatic heterocycles. The Morgan fingerprint density at radius 2 is 2.00 bits per heavy atom. The predicted octanol–water partition coefficient (Wildman–Crippen LogP) is 3.25. The van der Waals surface area contributed by atoms with Gasteiger partial charge < -0.3 is 14.8 Å². The van der Waals surface area contributed by atoms with Crippen LogP contribution in [-0.4, -0.2) is 35.7 Å². The molecule has 3 rings (SSSR count). The molecule has 138 valence electrons. The summed E-state index contributed by atoms with van der Waals surface area (Å²) in [5.74, 6) is 1.11. The molecule has 0 fully saturated rings. The summed E-state index contributed by atoms with van der Waals surface area (Å²) in [6, 6.07) is 6.42. The number of hydrogen-bond donors (Lipinski definition) is 1. The van der Waals surface area contributed by atoms with Gasteiger partial charge in [0, 0.05) is 6.04 Å². The number of nitrogens with one attached hydrogen (secondary N) is 1. The van der Waals surface area contributed by atoms with Crippen molar-refractivity contribution in [3.63, 3.8) is 0 Å². The summed E-state index contributed by atoms with van der Waals surface area (Å²) in [6.45, 7) is 5.74. The number of esters is 1. The number of carbonyl (C=O) groups is 1. The first-order chi connectivity index (χ1) is 12.5. The normalized spacial score (nSPS) is 15.9. The van der Waals surface area contributed by atoms with Gasteiger partial charge in [0.25, 0.3) is 0 Å². The van der Waals surface area contributed by atoms with E-state index in [1.165, 1.54) is 11.1 Å². The highest BCUT2D eigenvalue weighted by molar-refractivity contribution is 5.91. The average molecular weight is 355 g/mol. The van der Waals surface area contributed by atoms with Crippen molar-refractivity contribution in [3.05, 3.63) is 46.3 Å². The van der Waals surface area contributed by atoms with Crippen molar-refractivity contribution in [3.8, 4) is 5.75 Å². The Hall–Kier alpha value is -2.63. The number of fused-ring (bicyclic) bond motifs is 1. The van der Waals surface area contributed by atoms with E-state index in [4.69, 9.17) is 9.47 Å². The van der Waals surface area contributed by atoms with Gasteiger partial charge >= 0.3 is 5.97 Å². The molecular weight excluding hydrogens is 330 g/mol. The number of ether oxygens (including phenoxy) is 2. The number of hydrogen-bond acceptors (Lipinski definition) is 6. The van der Waals surface area contributed by atoms with Crippen molar-refractivity contribution < 1.29 is 14.3 Å². The van der Waals surface area contributed by atoms with E-state index >= 15 is 0 Å². The van der Waals surface area contributed by atoms with Crippen molar-refractivity contribution in [2.45, 2.75) is 46.1 Å². The average Bonchev–Trinajstić information content (AvgIpc) is 2.60. The number of carbonyl (C=O) groups excluding carboxylic acids is 1. The summed E-state index contributed by atoms with van der Waals surface area (Å²) in [6.07, 6.45) is 2.85. The molecule has 1 N–H and O–H groups in total. The SMILES string of the molecule is CCOC(=O)c1c(C)nc(NC2CCc3cccc(OC)c3C2)nc1C. The van der Waals surface area contributed by atoms with Gasteiger partial charge in [-0.15, -0.1) is 0 Å². The van der Waals surface area contributed by atoms with E-state index in [0.29, 0.717) is 29.5 Å². The summed E-state index contributed by atoms with van der Waals surface area (Å²) < 4.78 is 10.6. The lowest BCUT2D eigenvalue weighted by atomic mass is 9.87. The lowest BCUT2D eigenvalue weighted by molar-refractivity contribution is 0.0523. The highest BCUT2D eigenvalue weighted by Gasteiger charge is 2.23. The van der Waals surface area contributed by atoms with Crippen LogP contribution in [0.5, 0.6) is 5.75 Å². The molecular formula is C20H25N3O3. The van der Waals surface area contributed by atoms with E-state index < -0.39 is 0 Å². The molecule has 1 atom stereocenters. The first-order valence-electron chi connectivity index (χ1n) is 8.97. The molecule has 1 heterocycles. The predicted molar refractivity (Wildman–Crippen MR) is 99.9 cm³/mol. The minimum atomic E-state index is -0.370. The number of anilines is 1. The molecule has 1 aliphatic rings. The molecule has 1 aromatic heterocycles. The number of rotatable bonds is 5. The van der Waals surface area contributed by atoms with Crippen LogP contribution in [0.1, 0.15) is 46.2 Å². The van der Waals surface area contributed by atoms with Gasteiger partial charge in [0.1, 0.15) is 11.3 Å². The summed E-state index contributed by atoms with van der Waals surface area (Å²) in [5.41, 5.74) is 4.30. The maximum atomic E-state index is 12.1. The van der Waals surface area contributed by atoms with Gasteiger partial charge in [-0.1, -0.05) is 12.1 Å². The molecule has 2 aromatic rings. The van der Waals surface area contributed by atoms with Gasteiger partial charge in [-0.3, -0.25) is 0 Å². The van der Waals surface area contributed by atoms with Crippen LogP contribution in [0.15, 0.2) is 18.2 Å². The monoisotopic (exact) mass is 355 g/mol. The van der Waals surface area contributed by atoms with Crippen molar-refractivity contribution in [2.24, 2.45) is 0 Å². The highest BCUT2D eigenvalue weighted by Crippen LogP contribution is 2.30. The Morgan fingerprint density at radius 3 is 2.65 bits per heavy atom. The second-order valence-corrected chi connectivity index (χ2v) is 6.50. The molecule has 1 aromatic carbocycles. The van der Waals surface area contributed by atoms with Crippen LogP contribution < -0.4 is 10.1 Å². The molecule has 1 aliphatic carbocycles. The number of methoxy groups -OCH3 is 1. The van der Waals surface area contributed by atoms with Crippen molar-refractivity contribution in [1.29, 1.82) is 0 Å². The van der Waals surface area contributed by atoms with E-state index in [9.17, 15) is 4.79 Å². The van der Waals surface area contributed by atoms with Crippen LogP contribution >= 0.6 is 0 Å². The summed E-state index contributed by atoms with van der Waals surface area (Å²) in [5, 5.41) is 3.42. The smallest absolute Gasteiger partial charge is 0.341 e. The molecule has 0 amide bonds. The summed E-state index contributed by atoms with van der Waals surface area (Å²) in [4.78, 5) is 21.0. The van der Waals surface area contributed by atoms with E-state index in [2.05, 4.69) is 21.4 Å². The van der Waals surface area contributed by atoms with Gasteiger partial charge in [-0.25, -0.2) is 14.8 Å². The first-order valence-corrected chi connectivity index (χ1v) is 8.97. The van der Waals surface area contributed by atoms with E-state index in [0.717, 1.165) is 25.0 Å². The minimum absolute atomic E-state index is 0.228. The van der Waals surface area contributed by atoms with Gasteiger partial charge in [-0.2, -0.15) is 0 Å². The topological polar surface area (TPSA) is 73.3 Å². The Bertz CT molecular complexity index is 783. The molecule has 6 heteroatoms. The van der Waals surface area contributed by atoms with Crippen LogP contribution in [0.25, 0.3) is 0 Å². The lowest BCUT2D eigenvalue weighted by Gasteiger charge is -2.27. The number of benzene rings is 1. The van der Waals surface area contributed by atoms with Gasteiger partial charge in [0.15, 0.2) is 0 Å². The maximum Gasteiger partial charge on any atom is 0.341 e. The Morgan fingerprint density at radius 1 is 1.27 bits per heavy atom. The van der Waals surface area contributed by atoms with Crippen molar-refractivity contribution in [2.75, 3.05) is 19.0 Å². The molecule has 0 radical (unpaired) electrons. The standard InChI is InChI=1S/C20H25N3O3/c1-5-26-19(24)18-12(2)21-20(22-13(18)3)23-15-10-9-14-7-6-8-17(25-4)16(14)11-15/h6-8,15H,5,9-11H2,1-4H3,(H,21,22,23). The van der Waals surface area contributed by atoms with Gasteiger partial charge in [-0.05, 0) is 57.2 Å². The molecule has 0 spiro atoms. The van der Waals surface area contributed by atoms with E-state index in [-0.39, 0.29) is 12.0 Å². The van der Waals surface area contributed by atoms with Crippen LogP contribution in [-0.2, 0) is 17.6 Å². The van der Waals surface area contributed by atoms with E-state index in [1.807, 2.05) is 26.0 Å². The largest absolute Gasteiger partial charge is 0.496 e. The second-order valence-electron chi connectivity index (χ2n) is 6.50. The van der Waals surface area contributed by atoms with Crippen LogP contribution in [0.2, 0.25) is 0 Å². The first kappa shape index (κ1) is 18.2. The van der Waals surface area contributed by atoms with Crippen molar-refractivity contribution in [1.82, 2.24) is 9.97 Å². The maximum absolute atomic E-state index is 12.1. The Labute approximate surface area is 154 Å². The molecule has 0 saturated carbocycles. The summed E-state index contributed by atoms with van der Waals surface area (Å²) >= 11 is 0. The third-order valence-corrected chi connectivity index (χ3v) is 4.75. The van der Waals surface area contributed by atoms with Crippen LogP contribution in [0.3, 0.4) is 0 Å².